The van der Waals surface area contributed by atoms with E-state index in [1.807, 2.05) is 6.92 Å². The van der Waals surface area contributed by atoms with Crippen molar-refractivity contribution < 1.29 is 19.4 Å². The third kappa shape index (κ3) is 5.66. The van der Waals surface area contributed by atoms with E-state index in [2.05, 4.69) is 15.6 Å². The molecule has 0 radical (unpaired) electrons. The summed E-state index contributed by atoms with van der Waals surface area (Å²) in [6, 6.07) is 2.50. The zero-order chi connectivity index (χ0) is 15.0. The first-order chi connectivity index (χ1) is 9.52. The topological polar surface area (TPSA) is 101 Å². The molecule has 1 aromatic heterocycles. The standard InChI is InChI=1S/C13H19N3O4/c1-9(8-20-2)6-15-13(19)16-7-11-5-10(12(17)18)3-4-14-11/h3-5,9H,6-8H2,1-2H3,(H,17,18)(H2,15,16,19). The van der Waals surface area contributed by atoms with E-state index in [9.17, 15) is 9.59 Å². The van der Waals surface area contributed by atoms with Gasteiger partial charge in [-0.15, -0.1) is 0 Å². The predicted octanol–water partition coefficient (Wildman–Crippen LogP) is 0.861. The first-order valence-corrected chi connectivity index (χ1v) is 6.21. The Kier molecular flexibility index (Phi) is 6.45. The highest BCUT2D eigenvalue weighted by Crippen LogP contribution is 2.01. The predicted molar refractivity (Wildman–Crippen MR) is 72.5 cm³/mol. The fourth-order valence-electron chi connectivity index (χ4n) is 1.55. The molecule has 0 saturated carbocycles. The molecule has 2 amide bonds. The maximum absolute atomic E-state index is 11.5. The van der Waals surface area contributed by atoms with Crippen LogP contribution in [0.1, 0.15) is 23.0 Å². The van der Waals surface area contributed by atoms with E-state index in [0.29, 0.717) is 18.8 Å². The number of hydrogen-bond acceptors (Lipinski definition) is 4. The van der Waals surface area contributed by atoms with Crippen molar-refractivity contribution in [3.05, 3.63) is 29.6 Å². The Hall–Kier alpha value is -2.15. The van der Waals surface area contributed by atoms with E-state index >= 15 is 0 Å². The monoisotopic (exact) mass is 281 g/mol. The number of aromatic nitrogens is 1. The van der Waals surface area contributed by atoms with E-state index in [1.54, 1.807) is 7.11 Å². The van der Waals surface area contributed by atoms with Gasteiger partial charge in [0.1, 0.15) is 0 Å². The molecule has 0 spiro atoms. The van der Waals surface area contributed by atoms with Crippen LogP contribution in [-0.4, -0.2) is 42.4 Å². The number of nitrogens with one attached hydrogen (secondary N) is 2. The average molecular weight is 281 g/mol. The number of carboxylic acid groups (broad SMARTS) is 1. The Balaban J connectivity index is 2.37. The summed E-state index contributed by atoms with van der Waals surface area (Å²) in [6.45, 7) is 3.21. The number of nitrogens with zero attached hydrogens (tertiary/aromatic N) is 1. The van der Waals surface area contributed by atoms with E-state index in [-0.39, 0.29) is 24.1 Å². The number of urea groups is 1. The Bertz CT molecular complexity index is 465. The van der Waals surface area contributed by atoms with Crippen molar-refractivity contribution in [3.8, 4) is 0 Å². The zero-order valence-electron chi connectivity index (χ0n) is 11.5. The molecule has 1 aromatic rings. The minimum Gasteiger partial charge on any atom is -0.478 e. The SMILES string of the molecule is COCC(C)CNC(=O)NCc1cc(C(=O)O)ccn1. The highest BCUT2D eigenvalue weighted by Gasteiger charge is 2.07. The third-order valence-electron chi connectivity index (χ3n) is 2.56. The molecule has 1 rings (SSSR count). The quantitative estimate of drug-likeness (QED) is 0.688. The van der Waals surface area contributed by atoms with Gasteiger partial charge in [-0.1, -0.05) is 6.92 Å². The van der Waals surface area contributed by atoms with Crippen LogP contribution in [0.15, 0.2) is 18.3 Å². The molecule has 7 nitrogen and oxygen atoms in total. The van der Waals surface area contributed by atoms with Crippen molar-refractivity contribution in [2.24, 2.45) is 5.92 Å². The lowest BCUT2D eigenvalue weighted by atomic mass is 10.2. The van der Waals surface area contributed by atoms with Crippen LogP contribution >= 0.6 is 0 Å². The maximum Gasteiger partial charge on any atom is 0.335 e. The summed E-state index contributed by atoms with van der Waals surface area (Å²) in [5.41, 5.74) is 0.635. The summed E-state index contributed by atoms with van der Waals surface area (Å²) in [6.07, 6.45) is 1.40. The molecular weight excluding hydrogens is 262 g/mol. The molecule has 0 saturated heterocycles. The first-order valence-electron chi connectivity index (χ1n) is 6.21. The lowest BCUT2D eigenvalue weighted by molar-refractivity contribution is 0.0696. The molecule has 1 atom stereocenters. The second kappa shape index (κ2) is 8.11. The van der Waals surface area contributed by atoms with Crippen LogP contribution in [0, 0.1) is 5.92 Å². The number of hydrogen-bond donors (Lipinski definition) is 3. The lowest BCUT2D eigenvalue weighted by Crippen LogP contribution is -2.38. The third-order valence-corrected chi connectivity index (χ3v) is 2.56. The molecule has 0 aliphatic carbocycles. The normalized spacial score (nSPS) is 11.7. The fourth-order valence-corrected chi connectivity index (χ4v) is 1.55. The molecule has 0 aromatic carbocycles. The average Bonchev–Trinajstić information content (AvgIpc) is 2.43. The van der Waals surface area contributed by atoms with Crippen LogP contribution in [-0.2, 0) is 11.3 Å². The zero-order valence-corrected chi connectivity index (χ0v) is 11.5. The molecule has 20 heavy (non-hydrogen) atoms. The van der Waals surface area contributed by atoms with Crippen LogP contribution in [0.5, 0.6) is 0 Å². The Labute approximate surface area is 117 Å². The number of carbonyl (C=O) groups excluding carboxylic acids is 1. The Morgan fingerprint density at radius 3 is 2.85 bits per heavy atom. The molecule has 3 N–H and O–H groups in total. The van der Waals surface area contributed by atoms with Crippen LogP contribution in [0.3, 0.4) is 0 Å². The van der Waals surface area contributed by atoms with E-state index in [1.165, 1.54) is 18.3 Å². The molecule has 7 heteroatoms. The van der Waals surface area contributed by atoms with Crippen molar-refractivity contribution >= 4 is 12.0 Å². The van der Waals surface area contributed by atoms with Gasteiger partial charge in [0.15, 0.2) is 0 Å². The molecule has 0 aliphatic rings. The molecule has 0 bridgehead atoms. The Morgan fingerprint density at radius 1 is 1.45 bits per heavy atom. The van der Waals surface area contributed by atoms with Crippen molar-refractivity contribution in [2.45, 2.75) is 13.5 Å². The molecule has 1 unspecified atom stereocenters. The molecule has 0 aliphatic heterocycles. The summed E-state index contributed by atoms with van der Waals surface area (Å²) < 4.78 is 4.96. The first kappa shape index (κ1) is 15.9. The minimum atomic E-state index is -1.02. The van der Waals surface area contributed by atoms with Gasteiger partial charge in [-0.25, -0.2) is 9.59 Å². The number of methoxy groups -OCH3 is 1. The van der Waals surface area contributed by atoms with E-state index in [4.69, 9.17) is 9.84 Å². The van der Waals surface area contributed by atoms with Gasteiger partial charge in [0.25, 0.3) is 0 Å². The van der Waals surface area contributed by atoms with Gasteiger partial charge in [0.2, 0.25) is 0 Å². The largest absolute Gasteiger partial charge is 0.478 e. The van der Waals surface area contributed by atoms with E-state index in [0.717, 1.165) is 0 Å². The van der Waals surface area contributed by atoms with Crippen molar-refractivity contribution in [1.82, 2.24) is 15.6 Å². The van der Waals surface area contributed by atoms with Gasteiger partial charge in [0, 0.05) is 19.9 Å². The highest BCUT2D eigenvalue weighted by molar-refractivity contribution is 5.87. The maximum atomic E-state index is 11.5. The summed E-state index contributed by atoms with van der Waals surface area (Å²) in [5, 5.41) is 14.2. The van der Waals surface area contributed by atoms with E-state index < -0.39 is 5.97 Å². The lowest BCUT2D eigenvalue weighted by Gasteiger charge is -2.12. The van der Waals surface area contributed by atoms with Crippen molar-refractivity contribution in [1.29, 1.82) is 0 Å². The van der Waals surface area contributed by atoms with Gasteiger partial charge in [-0.05, 0) is 18.1 Å². The highest BCUT2D eigenvalue weighted by atomic mass is 16.5. The van der Waals surface area contributed by atoms with Crippen molar-refractivity contribution in [3.63, 3.8) is 0 Å². The van der Waals surface area contributed by atoms with Gasteiger partial charge in [0.05, 0.1) is 24.4 Å². The second-order valence-corrected chi connectivity index (χ2v) is 4.47. The summed E-state index contributed by atoms with van der Waals surface area (Å²) >= 11 is 0. The summed E-state index contributed by atoms with van der Waals surface area (Å²) in [4.78, 5) is 26.3. The molecule has 0 fully saturated rings. The van der Waals surface area contributed by atoms with Gasteiger partial charge < -0.3 is 20.5 Å². The molecule has 1 heterocycles. The summed E-state index contributed by atoms with van der Waals surface area (Å²) in [5.74, 6) is -0.800. The fraction of sp³-hybridized carbons (Fsp3) is 0.462. The van der Waals surface area contributed by atoms with Crippen LogP contribution < -0.4 is 10.6 Å². The Morgan fingerprint density at radius 2 is 2.20 bits per heavy atom. The van der Waals surface area contributed by atoms with Crippen LogP contribution in [0.4, 0.5) is 4.79 Å². The molecule has 110 valence electrons. The smallest absolute Gasteiger partial charge is 0.335 e. The second-order valence-electron chi connectivity index (χ2n) is 4.47. The van der Waals surface area contributed by atoms with Crippen LogP contribution in [0.25, 0.3) is 0 Å². The van der Waals surface area contributed by atoms with Gasteiger partial charge >= 0.3 is 12.0 Å². The number of carboxylic acids is 1. The molecular formula is C13H19N3O4. The number of ether oxygens (including phenoxy) is 1. The number of amides is 2. The number of carbonyl (C=O) groups is 2. The minimum absolute atomic E-state index is 0.144. The number of pyridine rings is 1. The van der Waals surface area contributed by atoms with Gasteiger partial charge in [-0.2, -0.15) is 0 Å². The number of rotatable bonds is 7. The van der Waals surface area contributed by atoms with Gasteiger partial charge in [-0.3, -0.25) is 4.98 Å². The van der Waals surface area contributed by atoms with Crippen LogP contribution in [0.2, 0.25) is 0 Å². The summed E-state index contributed by atoms with van der Waals surface area (Å²) in [7, 11) is 1.61. The number of aromatic carboxylic acids is 1. The van der Waals surface area contributed by atoms with Crippen molar-refractivity contribution in [2.75, 3.05) is 20.3 Å².